The molecule has 0 saturated carbocycles. The van der Waals surface area contributed by atoms with Crippen molar-refractivity contribution < 1.29 is 14.0 Å². The van der Waals surface area contributed by atoms with Crippen molar-refractivity contribution in [3.8, 4) is 0 Å². The highest BCUT2D eigenvalue weighted by molar-refractivity contribution is 6.11. The van der Waals surface area contributed by atoms with Gasteiger partial charge in [0.15, 0.2) is 0 Å². The normalized spacial score (nSPS) is 14.9. The SMILES string of the molecule is C[C@@H](C(=O)N1CC(=O)Nc2ccccc21)N(C)Cc1cccc(F)c1. The summed E-state index contributed by atoms with van der Waals surface area (Å²) in [5.41, 5.74) is 2.11. The summed E-state index contributed by atoms with van der Waals surface area (Å²) in [4.78, 5) is 28.2. The van der Waals surface area contributed by atoms with Crippen LogP contribution >= 0.6 is 0 Å². The lowest BCUT2D eigenvalue weighted by Crippen LogP contribution is -2.50. The number of hydrogen-bond acceptors (Lipinski definition) is 3. The molecule has 0 fully saturated rings. The minimum absolute atomic E-state index is 0.00596. The predicted molar refractivity (Wildman–Crippen MR) is 94.8 cm³/mol. The Kier molecular flexibility index (Phi) is 4.81. The number of hydrogen-bond donors (Lipinski definition) is 1. The average molecular weight is 341 g/mol. The summed E-state index contributed by atoms with van der Waals surface area (Å²) in [6, 6.07) is 13.1. The van der Waals surface area contributed by atoms with E-state index in [-0.39, 0.29) is 24.2 Å². The summed E-state index contributed by atoms with van der Waals surface area (Å²) in [5, 5.41) is 2.77. The average Bonchev–Trinajstić information content (AvgIpc) is 2.59. The van der Waals surface area contributed by atoms with Gasteiger partial charge in [-0.15, -0.1) is 0 Å². The van der Waals surface area contributed by atoms with E-state index in [1.807, 2.05) is 36.2 Å². The molecule has 0 unspecified atom stereocenters. The molecule has 6 heteroatoms. The van der Waals surface area contributed by atoms with Crippen LogP contribution < -0.4 is 10.2 Å². The maximum atomic E-state index is 13.3. The first-order valence-electron chi connectivity index (χ1n) is 8.10. The number of para-hydroxylation sites is 2. The van der Waals surface area contributed by atoms with E-state index in [1.165, 1.54) is 17.0 Å². The molecule has 1 heterocycles. The van der Waals surface area contributed by atoms with E-state index in [9.17, 15) is 14.0 Å². The Morgan fingerprint density at radius 1 is 1.28 bits per heavy atom. The molecule has 3 rings (SSSR count). The van der Waals surface area contributed by atoms with Gasteiger partial charge in [-0.1, -0.05) is 24.3 Å². The molecule has 25 heavy (non-hydrogen) atoms. The third-order valence-corrected chi connectivity index (χ3v) is 4.38. The zero-order chi connectivity index (χ0) is 18.0. The summed E-state index contributed by atoms with van der Waals surface area (Å²) >= 11 is 0. The van der Waals surface area contributed by atoms with Crippen LogP contribution in [0.5, 0.6) is 0 Å². The minimum Gasteiger partial charge on any atom is -0.323 e. The van der Waals surface area contributed by atoms with Crippen LogP contribution in [0.25, 0.3) is 0 Å². The summed E-state index contributed by atoms with van der Waals surface area (Å²) < 4.78 is 13.3. The smallest absolute Gasteiger partial charge is 0.244 e. The van der Waals surface area contributed by atoms with Crippen LogP contribution in [-0.2, 0) is 16.1 Å². The second kappa shape index (κ2) is 7.03. The number of carbonyl (C=O) groups is 2. The van der Waals surface area contributed by atoms with Gasteiger partial charge in [-0.05, 0) is 43.8 Å². The number of amides is 2. The number of likely N-dealkylation sites (N-methyl/N-ethyl adjacent to an activating group) is 1. The number of nitrogens with zero attached hydrogens (tertiary/aromatic N) is 2. The standard InChI is InChI=1S/C19H20FN3O2/c1-13(22(2)11-14-6-5-7-15(20)10-14)19(25)23-12-18(24)21-16-8-3-4-9-17(16)23/h3-10,13H,11-12H2,1-2H3,(H,21,24)/t13-/m0/s1. The summed E-state index contributed by atoms with van der Waals surface area (Å²) in [6.45, 7) is 2.22. The van der Waals surface area contributed by atoms with Gasteiger partial charge in [0.1, 0.15) is 12.4 Å². The second-order valence-electron chi connectivity index (χ2n) is 6.21. The monoisotopic (exact) mass is 341 g/mol. The van der Waals surface area contributed by atoms with Gasteiger partial charge in [-0.2, -0.15) is 0 Å². The van der Waals surface area contributed by atoms with Gasteiger partial charge in [0.25, 0.3) is 0 Å². The quantitative estimate of drug-likeness (QED) is 0.930. The molecule has 2 aromatic rings. The molecule has 2 aromatic carbocycles. The van der Waals surface area contributed by atoms with Crippen LogP contribution in [0.3, 0.4) is 0 Å². The fourth-order valence-corrected chi connectivity index (χ4v) is 2.90. The van der Waals surface area contributed by atoms with E-state index in [0.29, 0.717) is 17.9 Å². The fourth-order valence-electron chi connectivity index (χ4n) is 2.90. The lowest BCUT2D eigenvalue weighted by atomic mass is 10.1. The highest BCUT2D eigenvalue weighted by Gasteiger charge is 2.31. The van der Waals surface area contributed by atoms with Gasteiger partial charge >= 0.3 is 0 Å². The van der Waals surface area contributed by atoms with Gasteiger partial charge in [-0.3, -0.25) is 19.4 Å². The molecule has 2 amide bonds. The van der Waals surface area contributed by atoms with E-state index in [4.69, 9.17) is 0 Å². The maximum Gasteiger partial charge on any atom is 0.244 e. The molecule has 5 nitrogen and oxygen atoms in total. The van der Waals surface area contributed by atoms with Crippen LogP contribution in [0.15, 0.2) is 48.5 Å². The number of rotatable bonds is 4. The van der Waals surface area contributed by atoms with Crippen molar-refractivity contribution in [2.75, 3.05) is 23.8 Å². The Morgan fingerprint density at radius 2 is 2.04 bits per heavy atom. The molecule has 0 radical (unpaired) electrons. The van der Waals surface area contributed by atoms with Crippen LogP contribution in [-0.4, -0.2) is 36.3 Å². The van der Waals surface area contributed by atoms with Crippen LogP contribution in [0.1, 0.15) is 12.5 Å². The Hall–Kier alpha value is -2.73. The van der Waals surface area contributed by atoms with E-state index >= 15 is 0 Å². The molecule has 1 atom stereocenters. The third-order valence-electron chi connectivity index (χ3n) is 4.38. The first kappa shape index (κ1) is 17.1. The summed E-state index contributed by atoms with van der Waals surface area (Å²) in [7, 11) is 1.81. The van der Waals surface area contributed by atoms with Crippen molar-refractivity contribution in [2.24, 2.45) is 0 Å². The Morgan fingerprint density at radius 3 is 2.80 bits per heavy atom. The third kappa shape index (κ3) is 3.69. The highest BCUT2D eigenvalue weighted by atomic mass is 19.1. The zero-order valence-electron chi connectivity index (χ0n) is 14.2. The largest absolute Gasteiger partial charge is 0.323 e. The van der Waals surface area contributed by atoms with Crippen molar-refractivity contribution in [2.45, 2.75) is 19.5 Å². The predicted octanol–water partition coefficient (Wildman–Crippen LogP) is 2.63. The van der Waals surface area contributed by atoms with Gasteiger partial charge in [0.05, 0.1) is 17.4 Å². The Balaban J connectivity index is 1.77. The minimum atomic E-state index is -0.456. The number of benzene rings is 2. The Labute approximate surface area is 146 Å². The molecular weight excluding hydrogens is 321 g/mol. The molecule has 0 spiro atoms. The first-order chi connectivity index (χ1) is 12.0. The van der Waals surface area contributed by atoms with Crippen molar-refractivity contribution in [3.63, 3.8) is 0 Å². The molecule has 0 saturated heterocycles. The number of carbonyl (C=O) groups excluding carboxylic acids is 2. The lowest BCUT2D eigenvalue weighted by Gasteiger charge is -2.33. The molecule has 0 bridgehead atoms. The number of anilines is 2. The van der Waals surface area contributed by atoms with E-state index in [0.717, 1.165) is 5.56 Å². The maximum absolute atomic E-state index is 13.3. The summed E-state index contributed by atoms with van der Waals surface area (Å²) in [5.74, 6) is -0.681. The van der Waals surface area contributed by atoms with Crippen molar-refractivity contribution in [3.05, 3.63) is 59.9 Å². The molecule has 1 aliphatic rings. The number of nitrogens with one attached hydrogen (secondary N) is 1. The summed E-state index contributed by atoms with van der Waals surface area (Å²) in [6.07, 6.45) is 0. The molecule has 0 aromatic heterocycles. The number of halogens is 1. The van der Waals surface area contributed by atoms with Gasteiger partial charge in [0, 0.05) is 6.54 Å². The van der Waals surface area contributed by atoms with E-state index in [2.05, 4.69) is 5.32 Å². The van der Waals surface area contributed by atoms with Crippen LogP contribution in [0, 0.1) is 5.82 Å². The second-order valence-corrected chi connectivity index (χ2v) is 6.21. The number of fused-ring (bicyclic) bond motifs is 1. The van der Waals surface area contributed by atoms with Crippen molar-refractivity contribution in [1.29, 1.82) is 0 Å². The lowest BCUT2D eigenvalue weighted by molar-refractivity contribution is -0.125. The topological polar surface area (TPSA) is 52.7 Å². The molecule has 1 N–H and O–H groups in total. The molecule has 130 valence electrons. The van der Waals surface area contributed by atoms with Crippen LogP contribution in [0.2, 0.25) is 0 Å². The Bertz CT molecular complexity index is 809. The van der Waals surface area contributed by atoms with Crippen molar-refractivity contribution in [1.82, 2.24) is 4.90 Å². The highest BCUT2D eigenvalue weighted by Crippen LogP contribution is 2.29. The zero-order valence-corrected chi connectivity index (χ0v) is 14.2. The fraction of sp³-hybridized carbons (Fsp3) is 0.263. The van der Waals surface area contributed by atoms with Gasteiger partial charge < -0.3 is 5.32 Å². The van der Waals surface area contributed by atoms with E-state index in [1.54, 1.807) is 19.1 Å². The first-order valence-corrected chi connectivity index (χ1v) is 8.10. The van der Waals surface area contributed by atoms with Gasteiger partial charge in [0.2, 0.25) is 11.8 Å². The van der Waals surface area contributed by atoms with Crippen molar-refractivity contribution >= 4 is 23.2 Å². The molecule has 0 aliphatic carbocycles. The molecule has 1 aliphatic heterocycles. The van der Waals surface area contributed by atoms with Crippen LogP contribution in [0.4, 0.5) is 15.8 Å². The van der Waals surface area contributed by atoms with E-state index < -0.39 is 6.04 Å². The molecular formula is C19H20FN3O2. The van der Waals surface area contributed by atoms with Gasteiger partial charge in [-0.25, -0.2) is 4.39 Å².